The predicted molar refractivity (Wildman–Crippen MR) is 60.2 cm³/mol. The van der Waals surface area contributed by atoms with Gasteiger partial charge in [0, 0.05) is 19.7 Å². The van der Waals surface area contributed by atoms with Crippen molar-refractivity contribution in [1.29, 1.82) is 0 Å². The normalized spacial score (nSPS) is 11.6. The molecule has 6 heteroatoms. The molecule has 1 aromatic rings. The zero-order chi connectivity index (χ0) is 12.3. The van der Waals surface area contributed by atoms with Crippen molar-refractivity contribution in [3.63, 3.8) is 0 Å². The largest absolute Gasteiger partial charge is 0.462 e. The molecule has 1 heterocycles. The minimum atomic E-state index is -0.370. The second kappa shape index (κ2) is 5.07. The molecule has 0 bridgehead atoms. The van der Waals surface area contributed by atoms with Crippen LogP contribution in [0.2, 0.25) is 0 Å². The Morgan fingerprint density at radius 1 is 1.50 bits per heavy atom. The Morgan fingerprint density at radius 2 is 2.12 bits per heavy atom. The Kier molecular flexibility index (Phi) is 4.00. The topological polar surface area (TPSA) is 60.7 Å². The number of amides is 1. The molecule has 0 fully saturated rings. The molecule has 0 saturated carbocycles. The van der Waals surface area contributed by atoms with Gasteiger partial charge in [-0.2, -0.15) is 4.99 Å². The van der Waals surface area contributed by atoms with E-state index in [4.69, 9.17) is 4.74 Å². The smallest absolute Gasteiger partial charge is 0.350 e. The van der Waals surface area contributed by atoms with Crippen LogP contribution in [0.4, 0.5) is 0 Å². The molecule has 16 heavy (non-hydrogen) atoms. The Bertz CT molecular complexity index is 485. The number of carbonyl (C=O) groups excluding carboxylic acids is 2. The van der Waals surface area contributed by atoms with Crippen LogP contribution >= 0.6 is 11.3 Å². The maximum atomic E-state index is 11.6. The molecular weight excluding hydrogens is 228 g/mol. The lowest BCUT2D eigenvalue weighted by atomic mass is 10.4. The van der Waals surface area contributed by atoms with Crippen LogP contribution in [0.15, 0.2) is 4.99 Å². The molecule has 5 nitrogen and oxygen atoms in total. The van der Waals surface area contributed by atoms with E-state index in [1.54, 1.807) is 25.5 Å². The number of ether oxygens (including phenoxy) is 1. The summed E-state index contributed by atoms with van der Waals surface area (Å²) in [5.74, 6) is -0.655. The second-order valence-electron chi connectivity index (χ2n) is 3.21. The number of hydrogen-bond acceptors (Lipinski definition) is 4. The molecule has 0 saturated heterocycles. The maximum Gasteiger partial charge on any atom is 0.350 e. The lowest BCUT2D eigenvalue weighted by Crippen LogP contribution is -2.13. The third kappa shape index (κ3) is 2.57. The molecule has 1 rings (SSSR count). The van der Waals surface area contributed by atoms with Gasteiger partial charge in [0.05, 0.1) is 6.61 Å². The molecule has 0 unspecified atom stereocenters. The van der Waals surface area contributed by atoms with Crippen LogP contribution in [0.5, 0.6) is 0 Å². The standard InChI is InChI=1S/C10H14N2O3S/c1-5-15-9(14)8-6(2)12(4)10(16-8)11-7(3)13/h5H2,1-4H3. The summed E-state index contributed by atoms with van der Waals surface area (Å²) in [6.45, 7) is 5.25. The molecule has 0 aliphatic rings. The van der Waals surface area contributed by atoms with Crippen LogP contribution in [0.1, 0.15) is 29.2 Å². The van der Waals surface area contributed by atoms with E-state index in [2.05, 4.69) is 4.99 Å². The first kappa shape index (κ1) is 12.6. The van der Waals surface area contributed by atoms with E-state index in [0.29, 0.717) is 16.3 Å². The molecule has 1 aromatic heterocycles. The van der Waals surface area contributed by atoms with Crippen molar-refractivity contribution in [3.05, 3.63) is 15.4 Å². The second-order valence-corrected chi connectivity index (χ2v) is 4.19. The van der Waals surface area contributed by atoms with E-state index in [-0.39, 0.29) is 11.9 Å². The molecule has 0 aromatic carbocycles. The number of hydrogen-bond donors (Lipinski definition) is 0. The average Bonchev–Trinajstić information content (AvgIpc) is 2.46. The summed E-state index contributed by atoms with van der Waals surface area (Å²) >= 11 is 1.16. The van der Waals surface area contributed by atoms with E-state index >= 15 is 0 Å². The van der Waals surface area contributed by atoms with E-state index in [9.17, 15) is 9.59 Å². The van der Waals surface area contributed by atoms with Gasteiger partial charge in [0.2, 0.25) is 5.91 Å². The van der Waals surface area contributed by atoms with Gasteiger partial charge < -0.3 is 9.30 Å². The van der Waals surface area contributed by atoms with Crippen molar-refractivity contribution in [2.45, 2.75) is 20.8 Å². The van der Waals surface area contributed by atoms with Crippen molar-refractivity contribution in [3.8, 4) is 0 Å². The molecular formula is C10H14N2O3S. The maximum absolute atomic E-state index is 11.6. The minimum Gasteiger partial charge on any atom is -0.462 e. The molecule has 0 atom stereocenters. The summed E-state index contributed by atoms with van der Waals surface area (Å²) in [4.78, 5) is 27.3. The van der Waals surface area contributed by atoms with E-state index in [1.807, 2.05) is 0 Å². The van der Waals surface area contributed by atoms with Crippen molar-refractivity contribution in [2.75, 3.05) is 6.61 Å². The average molecular weight is 242 g/mol. The van der Waals surface area contributed by atoms with Crippen LogP contribution in [0.25, 0.3) is 0 Å². The SMILES string of the molecule is CCOC(=O)c1sc(=NC(C)=O)n(C)c1C. The molecule has 88 valence electrons. The summed E-state index contributed by atoms with van der Waals surface area (Å²) < 4.78 is 6.62. The van der Waals surface area contributed by atoms with Gasteiger partial charge in [0.1, 0.15) is 4.88 Å². The van der Waals surface area contributed by atoms with Crippen molar-refractivity contribution < 1.29 is 14.3 Å². The van der Waals surface area contributed by atoms with Crippen molar-refractivity contribution in [1.82, 2.24) is 4.57 Å². The minimum absolute atomic E-state index is 0.285. The van der Waals surface area contributed by atoms with E-state index < -0.39 is 0 Å². The van der Waals surface area contributed by atoms with Gasteiger partial charge in [-0.25, -0.2) is 4.79 Å². The zero-order valence-corrected chi connectivity index (χ0v) is 10.6. The van der Waals surface area contributed by atoms with Gasteiger partial charge in [-0.15, -0.1) is 0 Å². The summed E-state index contributed by atoms with van der Waals surface area (Å²) in [5, 5.41) is 0. The fourth-order valence-corrected chi connectivity index (χ4v) is 2.21. The summed E-state index contributed by atoms with van der Waals surface area (Å²) in [7, 11) is 1.76. The number of nitrogens with zero attached hydrogens (tertiary/aromatic N) is 2. The number of esters is 1. The lowest BCUT2D eigenvalue weighted by molar-refractivity contribution is -0.116. The molecule has 0 aliphatic carbocycles. The fourth-order valence-electron chi connectivity index (χ4n) is 1.15. The number of rotatable bonds is 2. The number of thiazole rings is 1. The molecule has 0 aliphatic heterocycles. The predicted octanol–water partition coefficient (Wildman–Crippen LogP) is 1.02. The van der Waals surface area contributed by atoms with E-state index in [1.165, 1.54) is 6.92 Å². The Hall–Kier alpha value is -1.43. The highest BCUT2D eigenvalue weighted by Gasteiger charge is 2.15. The van der Waals surface area contributed by atoms with Gasteiger partial charge >= 0.3 is 5.97 Å². The molecule has 0 N–H and O–H groups in total. The third-order valence-electron chi connectivity index (χ3n) is 2.03. The first-order valence-corrected chi connectivity index (χ1v) is 5.67. The molecule has 1 amide bonds. The summed E-state index contributed by atoms with van der Waals surface area (Å²) in [6, 6.07) is 0. The zero-order valence-electron chi connectivity index (χ0n) is 9.73. The van der Waals surface area contributed by atoms with Gasteiger partial charge in [-0.3, -0.25) is 4.79 Å². The van der Waals surface area contributed by atoms with Crippen LogP contribution in [0.3, 0.4) is 0 Å². The van der Waals surface area contributed by atoms with Crippen molar-refractivity contribution in [2.24, 2.45) is 12.0 Å². The van der Waals surface area contributed by atoms with Crippen molar-refractivity contribution >= 4 is 23.2 Å². The number of carbonyl (C=O) groups is 2. The fraction of sp³-hybridized carbons (Fsp3) is 0.500. The first-order chi connectivity index (χ1) is 7.47. The highest BCUT2D eigenvalue weighted by molar-refractivity contribution is 7.11. The molecule has 0 spiro atoms. The van der Waals surface area contributed by atoms with Crippen LogP contribution in [-0.2, 0) is 16.6 Å². The summed E-state index contributed by atoms with van der Waals surface area (Å²) in [5.41, 5.74) is 0.753. The Morgan fingerprint density at radius 3 is 2.62 bits per heavy atom. The third-order valence-corrected chi connectivity index (χ3v) is 3.24. The summed E-state index contributed by atoms with van der Waals surface area (Å²) in [6.07, 6.45) is 0. The van der Waals surface area contributed by atoms with Gasteiger partial charge in [0.25, 0.3) is 0 Å². The first-order valence-electron chi connectivity index (χ1n) is 4.86. The molecule has 0 radical (unpaired) electrons. The monoisotopic (exact) mass is 242 g/mol. The highest BCUT2D eigenvalue weighted by Crippen LogP contribution is 2.12. The van der Waals surface area contributed by atoms with Crippen LogP contribution < -0.4 is 4.80 Å². The van der Waals surface area contributed by atoms with Crippen LogP contribution in [0, 0.1) is 6.92 Å². The van der Waals surface area contributed by atoms with Gasteiger partial charge in [0.15, 0.2) is 4.80 Å². The van der Waals surface area contributed by atoms with Gasteiger partial charge in [-0.1, -0.05) is 11.3 Å². The van der Waals surface area contributed by atoms with E-state index in [0.717, 1.165) is 17.0 Å². The highest BCUT2D eigenvalue weighted by atomic mass is 32.1. The van der Waals surface area contributed by atoms with Gasteiger partial charge in [-0.05, 0) is 13.8 Å². The Balaban J connectivity index is 3.25. The number of aromatic nitrogens is 1. The Labute approximate surface area is 97.4 Å². The quantitative estimate of drug-likeness (QED) is 0.727. The lowest BCUT2D eigenvalue weighted by Gasteiger charge is -1.99. The van der Waals surface area contributed by atoms with Crippen LogP contribution in [-0.4, -0.2) is 23.1 Å².